The van der Waals surface area contributed by atoms with E-state index < -0.39 is 0 Å². The quantitative estimate of drug-likeness (QED) is 0.847. The van der Waals surface area contributed by atoms with E-state index in [1.54, 1.807) is 0 Å². The van der Waals surface area contributed by atoms with Gasteiger partial charge in [-0.15, -0.1) is 0 Å². The predicted molar refractivity (Wildman–Crippen MR) is 83.8 cm³/mol. The number of hydrogen-bond donors (Lipinski definition) is 1. The maximum atomic E-state index is 12.8. The Labute approximate surface area is 128 Å². The molecule has 0 radical (unpaired) electrons. The van der Waals surface area contributed by atoms with E-state index >= 15 is 0 Å². The molecule has 0 aromatic carbocycles. The van der Waals surface area contributed by atoms with Gasteiger partial charge in [-0.25, -0.2) is 0 Å². The van der Waals surface area contributed by atoms with E-state index in [0.717, 1.165) is 13.0 Å². The van der Waals surface area contributed by atoms with Gasteiger partial charge in [0, 0.05) is 6.54 Å². The summed E-state index contributed by atoms with van der Waals surface area (Å²) in [6.07, 6.45) is 6.26. The molecule has 2 unspecified atom stereocenters. The lowest BCUT2D eigenvalue weighted by Gasteiger charge is -2.42. The molecule has 2 amide bonds. The fourth-order valence-electron chi connectivity index (χ4n) is 3.85. The lowest BCUT2D eigenvalue weighted by Crippen LogP contribution is -2.64. The summed E-state index contributed by atoms with van der Waals surface area (Å²) in [7, 11) is 0. The van der Waals surface area contributed by atoms with Crippen LogP contribution in [0.5, 0.6) is 0 Å². The molecule has 4 heteroatoms. The molecule has 1 aliphatic heterocycles. The number of carbonyl (C=O) groups is 2. The third-order valence-electron chi connectivity index (χ3n) is 5.03. The van der Waals surface area contributed by atoms with Gasteiger partial charge in [0.2, 0.25) is 11.8 Å². The molecule has 1 saturated heterocycles. The molecular weight excluding hydrogens is 264 g/mol. The van der Waals surface area contributed by atoms with E-state index in [-0.39, 0.29) is 29.3 Å². The van der Waals surface area contributed by atoms with Crippen molar-refractivity contribution in [2.45, 2.75) is 78.3 Å². The van der Waals surface area contributed by atoms with Crippen molar-refractivity contribution in [3.63, 3.8) is 0 Å². The highest BCUT2D eigenvalue weighted by atomic mass is 16.2. The van der Waals surface area contributed by atoms with Crippen LogP contribution in [0.3, 0.4) is 0 Å². The second-order valence-corrected chi connectivity index (χ2v) is 7.60. The van der Waals surface area contributed by atoms with Gasteiger partial charge in [-0.3, -0.25) is 9.59 Å². The fraction of sp³-hybridized carbons (Fsp3) is 0.882. The summed E-state index contributed by atoms with van der Waals surface area (Å²) in [6, 6.07) is -0.608. The summed E-state index contributed by atoms with van der Waals surface area (Å²) in [4.78, 5) is 27.0. The van der Waals surface area contributed by atoms with E-state index in [1.807, 2.05) is 11.8 Å². The van der Waals surface area contributed by atoms with E-state index in [1.165, 1.54) is 25.7 Å². The molecule has 1 N–H and O–H groups in total. The van der Waals surface area contributed by atoms with Gasteiger partial charge in [0.1, 0.15) is 12.1 Å². The van der Waals surface area contributed by atoms with Crippen LogP contribution in [0.4, 0.5) is 0 Å². The maximum absolute atomic E-state index is 12.8. The molecular formula is C17H30N2O2. The molecule has 2 aliphatic rings. The summed E-state index contributed by atoms with van der Waals surface area (Å²) in [5.74, 6) is 0.564. The minimum atomic E-state index is -0.328. The van der Waals surface area contributed by atoms with Crippen LogP contribution in [-0.2, 0) is 9.59 Å². The summed E-state index contributed by atoms with van der Waals surface area (Å²) >= 11 is 0. The first-order chi connectivity index (χ1) is 9.86. The molecule has 4 nitrogen and oxygen atoms in total. The van der Waals surface area contributed by atoms with Crippen molar-refractivity contribution in [1.29, 1.82) is 0 Å². The van der Waals surface area contributed by atoms with Crippen LogP contribution in [0.2, 0.25) is 0 Å². The maximum Gasteiger partial charge on any atom is 0.245 e. The molecule has 120 valence electrons. The Morgan fingerprint density at radius 3 is 2.43 bits per heavy atom. The van der Waals surface area contributed by atoms with E-state index in [2.05, 4.69) is 26.1 Å². The van der Waals surface area contributed by atoms with Crippen LogP contribution in [0.1, 0.15) is 66.2 Å². The molecule has 0 spiro atoms. The minimum absolute atomic E-state index is 0.0318. The van der Waals surface area contributed by atoms with Crippen molar-refractivity contribution in [1.82, 2.24) is 10.2 Å². The van der Waals surface area contributed by atoms with Gasteiger partial charge >= 0.3 is 0 Å². The number of carbonyl (C=O) groups excluding carboxylic acids is 2. The van der Waals surface area contributed by atoms with Gasteiger partial charge < -0.3 is 10.2 Å². The molecule has 21 heavy (non-hydrogen) atoms. The smallest absolute Gasteiger partial charge is 0.245 e. The van der Waals surface area contributed by atoms with Crippen molar-refractivity contribution in [3.8, 4) is 0 Å². The molecule has 0 bridgehead atoms. The first-order valence-electron chi connectivity index (χ1n) is 8.47. The highest BCUT2D eigenvalue weighted by Crippen LogP contribution is 2.39. The fourth-order valence-corrected chi connectivity index (χ4v) is 3.85. The number of amides is 2. The lowest BCUT2D eigenvalue weighted by molar-refractivity contribution is -0.151. The van der Waals surface area contributed by atoms with E-state index in [9.17, 15) is 9.59 Å². The van der Waals surface area contributed by atoms with Crippen molar-refractivity contribution in [2.24, 2.45) is 11.3 Å². The Kier molecular flexibility index (Phi) is 4.95. The first-order valence-corrected chi connectivity index (χ1v) is 8.47. The molecule has 0 aromatic rings. The first kappa shape index (κ1) is 16.3. The van der Waals surface area contributed by atoms with Gasteiger partial charge in [-0.1, -0.05) is 40.5 Å². The molecule has 1 heterocycles. The zero-order valence-electron chi connectivity index (χ0n) is 13.9. The third kappa shape index (κ3) is 3.58. The Balaban J connectivity index is 2.16. The number of rotatable bonds is 5. The zero-order chi connectivity index (χ0) is 15.6. The molecule has 2 atom stereocenters. The van der Waals surface area contributed by atoms with Crippen molar-refractivity contribution in [3.05, 3.63) is 0 Å². The van der Waals surface area contributed by atoms with Gasteiger partial charge in [0.15, 0.2) is 0 Å². The summed E-state index contributed by atoms with van der Waals surface area (Å²) in [5, 5.41) is 2.94. The minimum Gasteiger partial charge on any atom is -0.342 e. The summed E-state index contributed by atoms with van der Waals surface area (Å²) < 4.78 is 0. The van der Waals surface area contributed by atoms with E-state index in [0.29, 0.717) is 12.3 Å². The molecule has 1 saturated carbocycles. The Morgan fingerprint density at radius 2 is 1.90 bits per heavy atom. The summed E-state index contributed by atoms with van der Waals surface area (Å²) in [6.45, 7) is 9.18. The number of nitrogens with zero attached hydrogens (tertiary/aromatic N) is 1. The normalized spacial score (nSPS) is 29.1. The second-order valence-electron chi connectivity index (χ2n) is 7.60. The number of piperazine rings is 1. The zero-order valence-corrected chi connectivity index (χ0v) is 13.9. The largest absolute Gasteiger partial charge is 0.342 e. The van der Waals surface area contributed by atoms with Gasteiger partial charge in [-0.2, -0.15) is 0 Å². The average Bonchev–Trinajstić information content (AvgIpc) is 2.82. The third-order valence-corrected chi connectivity index (χ3v) is 5.03. The van der Waals surface area contributed by atoms with Crippen LogP contribution < -0.4 is 5.32 Å². The van der Waals surface area contributed by atoms with Crippen LogP contribution in [0.15, 0.2) is 0 Å². The van der Waals surface area contributed by atoms with Crippen LogP contribution >= 0.6 is 0 Å². The number of hydrogen-bond acceptors (Lipinski definition) is 2. The van der Waals surface area contributed by atoms with Crippen molar-refractivity contribution < 1.29 is 9.59 Å². The van der Waals surface area contributed by atoms with Gasteiger partial charge in [0.25, 0.3) is 0 Å². The van der Waals surface area contributed by atoms with Crippen LogP contribution in [0, 0.1) is 11.3 Å². The predicted octanol–water partition coefficient (Wildman–Crippen LogP) is 2.72. The van der Waals surface area contributed by atoms with Crippen molar-refractivity contribution >= 4 is 11.8 Å². The van der Waals surface area contributed by atoms with E-state index in [4.69, 9.17) is 0 Å². The van der Waals surface area contributed by atoms with Crippen LogP contribution in [-0.4, -0.2) is 35.3 Å². The standard InChI is InChI=1S/C17H30N2O2/c1-5-14-15(20)18-13(10-12(2)3)16(21)19(14)11-17(4)8-6-7-9-17/h12-14H,5-11H2,1-4H3,(H,18,20). The SMILES string of the molecule is CCC1C(=O)NC(CC(C)C)C(=O)N1CC1(C)CCCC1. The molecule has 1 aliphatic carbocycles. The van der Waals surface area contributed by atoms with Gasteiger partial charge in [0.05, 0.1) is 0 Å². The second kappa shape index (κ2) is 6.37. The Morgan fingerprint density at radius 1 is 1.29 bits per heavy atom. The average molecular weight is 294 g/mol. The Bertz CT molecular complexity index is 400. The monoisotopic (exact) mass is 294 g/mol. The van der Waals surface area contributed by atoms with Crippen molar-refractivity contribution in [2.75, 3.05) is 6.54 Å². The summed E-state index contributed by atoms with van der Waals surface area (Å²) in [5.41, 5.74) is 0.198. The van der Waals surface area contributed by atoms with Gasteiger partial charge in [-0.05, 0) is 37.0 Å². The molecule has 2 rings (SSSR count). The van der Waals surface area contributed by atoms with Crippen LogP contribution in [0.25, 0.3) is 0 Å². The molecule has 0 aromatic heterocycles. The highest BCUT2D eigenvalue weighted by molar-refractivity contribution is 5.97. The highest BCUT2D eigenvalue weighted by Gasteiger charge is 2.43. The lowest BCUT2D eigenvalue weighted by atomic mass is 9.86. The number of nitrogens with one attached hydrogen (secondary N) is 1. The topological polar surface area (TPSA) is 49.4 Å². The Hall–Kier alpha value is -1.06. The molecule has 2 fully saturated rings.